The van der Waals surface area contributed by atoms with Crippen molar-refractivity contribution >= 4 is 38.6 Å². The number of aromatic nitrogens is 3. The minimum atomic E-state index is -0.105. The van der Waals surface area contributed by atoms with Gasteiger partial charge >= 0.3 is 0 Å². The van der Waals surface area contributed by atoms with E-state index in [4.69, 9.17) is 13.7 Å². The molecule has 5 heterocycles. The molecule has 0 aliphatic carbocycles. The second-order valence-corrected chi connectivity index (χ2v) is 9.12. The first-order valence-electron chi connectivity index (χ1n) is 11.1. The Balaban J connectivity index is 1.09. The molecule has 9 nitrogen and oxygen atoms in total. The number of nitrogens with one attached hydrogen (secondary N) is 1. The van der Waals surface area contributed by atoms with Crippen LogP contribution in [0.15, 0.2) is 64.0 Å². The predicted octanol–water partition coefficient (Wildman–Crippen LogP) is 4.61. The zero-order chi connectivity index (χ0) is 22.9. The van der Waals surface area contributed by atoms with Gasteiger partial charge in [-0.25, -0.2) is 4.98 Å². The van der Waals surface area contributed by atoms with Crippen molar-refractivity contribution in [3.8, 4) is 10.9 Å². The summed E-state index contributed by atoms with van der Waals surface area (Å²) in [6, 6.07) is 11.4. The highest BCUT2D eigenvalue weighted by Gasteiger charge is 2.30. The highest BCUT2D eigenvalue weighted by atomic mass is 32.1. The molecule has 0 saturated carbocycles. The van der Waals surface area contributed by atoms with Gasteiger partial charge in [-0.15, -0.1) is 0 Å². The van der Waals surface area contributed by atoms with E-state index in [1.807, 2.05) is 35.2 Å². The molecule has 0 radical (unpaired) electrons. The maximum absolute atomic E-state index is 12.6. The van der Waals surface area contributed by atoms with Crippen molar-refractivity contribution in [2.45, 2.75) is 25.4 Å². The van der Waals surface area contributed by atoms with Crippen molar-refractivity contribution < 1.29 is 18.5 Å². The Labute approximate surface area is 198 Å². The smallest absolute Gasteiger partial charge is 0.292 e. The van der Waals surface area contributed by atoms with E-state index in [0.717, 1.165) is 40.6 Å². The molecule has 0 bridgehead atoms. The second kappa shape index (κ2) is 8.88. The fraction of sp³-hybridized carbons (Fsp3) is 0.250. The van der Waals surface area contributed by atoms with E-state index < -0.39 is 0 Å². The third-order valence-corrected chi connectivity index (χ3v) is 6.85. The highest BCUT2D eigenvalue weighted by molar-refractivity contribution is 7.20. The summed E-state index contributed by atoms with van der Waals surface area (Å²) in [7, 11) is 0. The molecule has 172 valence electrons. The molecule has 1 aromatic carbocycles. The van der Waals surface area contributed by atoms with E-state index in [-0.39, 0.29) is 17.7 Å². The molecule has 1 N–H and O–H groups in total. The predicted molar refractivity (Wildman–Crippen MR) is 126 cm³/mol. The SMILES string of the molecule is O=C(c1ccno1)N1CCC[C@H]1CNCc1coc2cc(Oc3nc4ncccc4s3)ccc12. The number of amides is 1. The highest BCUT2D eigenvalue weighted by Crippen LogP contribution is 2.32. The van der Waals surface area contributed by atoms with E-state index in [1.54, 1.807) is 18.5 Å². The Morgan fingerprint density at radius 3 is 3.12 bits per heavy atom. The zero-order valence-electron chi connectivity index (χ0n) is 18.1. The van der Waals surface area contributed by atoms with Crippen LogP contribution in [0.1, 0.15) is 29.0 Å². The van der Waals surface area contributed by atoms with Gasteiger partial charge in [-0.1, -0.05) is 16.5 Å². The number of furan rings is 1. The standard InChI is InChI=1S/C24H21N5O4S/c30-23(19-7-9-27-33-19)29-10-2-3-16(29)13-25-12-15-14-31-20-11-17(5-6-18(15)20)32-24-28-22-21(34-24)4-1-8-26-22/h1,4-9,11,14,16,25H,2-3,10,12-13H2/t16-/m0/s1. The number of fused-ring (bicyclic) bond motifs is 2. The van der Waals surface area contributed by atoms with Crippen molar-refractivity contribution in [1.29, 1.82) is 0 Å². The number of benzene rings is 1. The van der Waals surface area contributed by atoms with Crippen molar-refractivity contribution in [1.82, 2.24) is 25.3 Å². The number of carbonyl (C=O) groups is 1. The second-order valence-electron chi connectivity index (χ2n) is 8.13. The van der Waals surface area contributed by atoms with Crippen LogP contribution < -0.4 is 10.1 Å². The van der Waals surface area contributed by atoms with Crippen LogP contribution in [0.2, 0.25) is 0 Å². The lowest BCUT2D eigenvalue weighted by molar-refractivity contribution is 0.0693. The third-order valence-electron chi connectivity index (χ3n) is 5.96. The van der Waals surface area contributed by atoms with Gasteiger partial charge in [0.1, 0.15) is 11.3 Å². The lowest BCUT2D eigenvalue weighted by Crippen LogP contribution is -2.41. The number of pyridine rings is 1. The summed E-state index contributed by atoms with van der Waals surface area (Å²) in [5.41, 5.74) is 2.48. The fourth-order valence-corrected chi connectivity index (χ4v) is 5.11. The van der Waals surface area contributed by atoms with Crippen LogP contribution in [0.5, 0.6) is 10.9 Å². The zero-order valence-corrected chi connectivity index (χ0v) is 19.0. The van der Waals surface area contributed by atoms with Crippen molar-refractivity contribution in [2.24, 2.45) is 0 Å². The molecule has 1 saturated heterocycles. The topological polar surface area (TPSA) is 107 Å². The van der Waals surface area contributed by atoms with Gasteiger partial charge in [0.15, 0.2) is 5.65 Å². The third kappa shape index (κ3) is 4.02. The number of thiazole rings is 1. The van der Waals surface area contributed by atoms with E-state index >= 15 is 0 Å². The number of likely N-dealkylation sites (tertiary alicyclic amines) is 1. The molecule has 4 aromatic heterocycles. The van der Waals surface area contributed by atoms with Crippen LogP contribution in [0.25, 0.3) is 21.3 Å². The molecule has 1 aliphatic heterocycles. The summed E-state index contributed by atoms with van der Waals surface area (Å²) < 4.78 is 17.7. The number of hydrogen-bond acceptors (Lipinski definition) is 9. The number of carbonyl (C=O) groups excluding carboxylic acids is 1. The lowest BCUT2D eigenvalue weighted by Gasteiger charge is -2.23. The van der Waals surface area contributed by atoms with E-state index in [9.17, 15) is 4.79 Å². The molecule has 5 aromatic rings. The fourth-order valence-electron chi connectivity index (χ4n) is 4.31. The van der Waals surface area contributed by atoms with Crippen LogP contribution >= 0.6 is 11.3 Å². The summed E-state index contributed by atoms with van der Waals surface area (Å²) in [5, 5.41) is 8.68. The Hall–Kier alpha value is -3.76. The van der Waals surface area contributed by atoms with Crippen LogP contribution in [-0.4, -0.2) is 45.1 Å². The van der Waals surface area contributed by atoms with E-state index in [2.05, 4.69) is 20.4 Å². The minimum absolute atomic E-state index is 0.105. The summed E-state index contributed by atoms with van der Waals surface area (Å²) in [5.74, 6) is 0.841. The van der Waals surface area contributed by atoms with Crippen molar-refractivity contribution in [2.75, 3.05) is 13.1 Å². The van der Waals surface area contributed by atoms with Gasteiger partial charge in [0.25, 0.3) is 11.1 Å². The van der Waals surface area contributed by atoms with Crippen molar-refractivity contribution in [3.63, 3.8) is 0 Å². The molecule has 0 spiro atoms. The molecule has 34 heavy (non-hydrogen) atoms. The monoisotopic (exact) mass is 475 g/mol. The molecular formula is C24H21N5O4S. The number of ether oxygens (including phenoxy) is 1. The largest absolute Gasteiger partial charge is 0.464 e. The van der Waals surface area contributed by atoms with Gasteiger partial charge in [-0.3, -0.25) is 4.79 Å². The first-order valence-corrected chi connectivity index (χ1v) is 11.9. The number of rotatable bonds is 7. The molecule has 6 rings (SSSR count). The molecule has 1 amide bonds. The molecule has 1 aliphatic rings. The van der Waals surface area contributed by atoms with Gasteiger partial charge in [-0.2, -0.15) is 4.98 Å². The number of nitrogens with zero attached hydrogens (tertiary/aromatic N) is 4. The molecular weight excluding hydrogens is 454 g/mol. The first-order chi connectivity index (χ1) is 16.7. The number of hydrogen-bond donors (Lipinski definition) is 1. The normalized spacial score (nSPS) is 16.0. The van der Waals surface area contributed by atoms with E-state index in [1.165, 1.54) is 17.5 Å². The molecule has 1 atom stereocenters. The van der Waals surface area contributed by atoms with Crippen LogP contribution in [-0.2, 0) is 6.54 Å². The van der Waals surface area contributed by atoms with Gasteiger partial charge in [0, 0.05) is 55.0 Å². The quantitative estimate of drug-likeness (QED) is 0.364. The average Bonchev–Trinajstić information content (AvgIpc) is 3.65. The summed E-state index contributed by atoms with van der Waals surface area (Å²) in [4.78, 5) is 23.2. The lowest BCUT2D eigenvalue weighted by atomic mass is 10.1. The first kappa shape index (κ1) is 20.8. The maximum atomic E-state index is 12.6. The van der Waals surface area contributed by atoms with Gasteiger partial charge in [-0.05, 0) is 37.1 Å². The molecule has 0 unspecified atom stereocenters. The summed E-state index contributed by atoms with van der Waals surface area (Å²) >= 11 is 1.45. The van der Waals surface area contributed by atoms with E-state index in [0.29, 0.717) is 29.7 Å². The van der Waals surface area contributed by atoms with Crippen molar-refractivity contribution in [3.05, 3.63) is 66.4 Å². The maximum Gasteiger partial charge on any atom is 0.292 e. The molecule has 1 fully saturated rings. The van der Waals surface area contributed by atoms with Gasteiger partial charge in [0.2, 0.25) is 5.76 Å². The Morgan fingerprint density at radius 2 is 2.24 bits per heavy atom. The Morgan fingerprint density at radius 1 is 1.26 bits per heavy atom. The average molecular weight is 476 g/mol. The van der Waals surface area contributed by atoms with Gasteiger partial charge in [0.05, 0.1) is 17.2 Å². The molecule has 10 heteroatoms. The van der Waals surface area contributed by atoms with Gasteiger partial charge < -0.3 is 23.9 Å². The van der Waals surface area contributed by atoms with Crippen LogP contribution in [0, 0.1) is 0 Å². The minimum Gasteiger partial charge on any atom is -0.464 e. The summed E-state index contributed by atoms with van der Waals surface area (Å²) in [6.45, 7) is 2.06. The van der Waals surface area contributed by atoms with Crippen LogP contribution in [0.4, 0.5) is 0 Å². The Kier molecular flexibility index (Phi) is 5.44. The summed E-state index contributed by atoms with van der Waals surface area (Å²) in [6.07, 6.45) is 6.91. The van der Waals surface area contributed by atoms with Crippen LogP contribution in [0.3, 0.4) is 0 Å². The Bertz CT molecular complexity index is 1410.